The van der Waals surface area contributed by atoms with E-state index in [0.717, 1.165) is 22.6 Å². The Balaban J connectivity index is 1.75. The van der Waals surface area contributed by atoms with Gasteiger partial charge in [-0.1, -0.05) is 42.1 Å². The molecule has 0 N–H and O–H groups in total. The van der Waals surface area contributed by atoms with Crippen LogP contribution in [0.5, 0.6) is 0 Å². The number of para-hydroxylation sites is 1. The summed E-state index contributed by atoms with van der Waals surface area (Å²) in [7, 11) is 1.72. The molecular formula is C21H23FN4OS. The minimum absolute atomic E-state index is 0.0498. The van der Waals surface area contributed by atoms with Gasteiger partial charge in [-0.05, 0) is 50.1 Å². The maximum absolute atomic E-state index is 13.4. The van der Waals surface area contributed by atoms with Gasteiger partial charge >= 0.3 is 0 Å². The number of aromatic nitrogens is 3. The molecule has 28 heavy (non-hydrogen) atoms. The summed E-state index contributed by atoms with van der Waals surface area (Å²) in [5.74, 6) is 0.415. The molecule has 7 heteroatoms. The molecule has 5 nitrogen and oxygen atoms in total. The molecule has 2 aromatic carbocycles. The average Bonchev–Trinajstić information content (AvgIpc) is 3.01. The number of amides is 1. The van der Waals surface area contributed by atoms with E-state index < -0.39 is 0 Å². The smallest absolute Gasteiger partial charge is 0.235 e. The number of rotatable bonds is 6. The van der Waals surface area contributed by atoms with Crippen molar-refractivity contribution in [3.8, 4) is 5.69 Å². The van der Waals surface area contributed by atoms with Crippen LogP contribution < -0.4 is 0 Å². The van der Waals surface area contributed by atoms with Crippen molar-refractivity contribution in [2.24, 2.45) is 0 Å². The number of carbonyl (C=O) groups is 1. The summed E-state index contributed by atoms with van der Waals surface area (Å²) in [5, 5.41) is 8.78. The molecule has 0 spiro atoms. The van der Waals surface area contributed by atoms with Crippen molar-refractivity contribution in [3.05, 3.63) is 71.3 Å². The molecule has 1 amide bonds. The Morgan fingerprint density at radius 1 is 1.18 bits per heavy atom. The van der Waals surface area contributed by atoms with E-state index in [0.29, 0.717) is 11.7 Å². The van der Waals surface area contributed by atoms with E-state index in [-0.39, 0.29) is 17.0 Å². The van der Waals surface area contributed by atoms with E-state index in [1.54, 1.807) is 18.0 Å². The molecule has 0 fully saturated rings. The Morgan fingerprint density at radius 2 is 1.93 bits per heavy atom. The first-order valence-corrected chi connectivity index (χ1v) is 9.89. The molecule has 0 saturated carbocycles. The zero-order chi connectivity index (χ0) is 20.3. The molecule has 146 valence electrons. The number of halogens is 1. The third-order valence-corrected chi connectivity index (χ3v) is 5.50. The lowest BCUT2D eigenvalue weighted by atomic mass is 10.2. The predicted octanol–water partition coefficient (Wildman–Crippen LogP) is 4.16. The van der Waals surface area contributed by atoms with E-state index in [1.165, 1.54) is 23.9 Å². The van der Waals surface area contributed by atoms with E-state index in [1.807, 2.05) is 55.7 Å². The highest BCUT2D eigenvalue weighted by Crippen LogP contribution is 2.28. The first-order chi connectivity index (χ1) is 13.4. The van der Waals surface area contributed by atoms with Gasteiger partial charge in [-0.25, -0.2) is 4.39 Å². The molecule has 0 aliphatic carbocycles. The molecular weight excluding hydrogens is 375 g/mol. The zero-order valence-corrected chi connectivity index (χ0v) is 17.2. The lowest BCUT2D eigenvalue weighted by molar-refractivity contribution is -0.129. The third-order valence-electron chi connectivity index (χ3n) is 4.47. The first kappa shape index (κ1) is 20.1. The number of aryl methyl sites for hydroxylation is 2. The Morgan fingerprint density at radius 3 is 2.64 bits per heavy atom. The fourth-order valence-corrected chi connectivity index (χ4v) is 4.04. The topological polar surface area (TPSA) is 51.0 Å². The number of hydrogen-bond donors (Lipinski definition) is 0. The maximum Gasteiger partial charge on any atom is 0.235 e. The van der Waals surface area contributed by atoms with Crippen LogP contribution in [0.15, 0.2) is 53.7 Å². The normalized spacial score (nSPS) is 12.0. The van der Waals surface area contributed by atoms with Crippen LogP contribution >= 0.6 is 11.8 Å². The number of carbonyl (C=O) groups excluding carboxylic acids is 1. The van der Waals surface area contributed by atoms with Crippen molar-refractivity contribution in [1.29, 1.82) is 0 Å². The monoisotopic (exact) mass is 398 g/mol. The van der Waals surface area contributed by atoms with Gasteiger partial charge in [-0.2, -0.15) is 0 Å². The highest BCUT2D eigenvalue weighted by molar-refractivity contribution is 8.00. The molecule has 0 aliphatic heterocycles. The predicted molar refractivity (Wildman–Crippen MR) is 109 cm³/mol. The van der Waals surface area contributed by atoms with Crippen LogP contribution in [0.25, 0.3) is 5.69 Å². The third kappa shape index (κ3) is 4.42. The van der Waals surface area contributed by atoms with Crippen molar-refractivity contribution >= 4 is 17.7 Å². The van der Waals surface area contributed by atoms with Gasteiger partial charge in [0.25, 0.3) is 0 Å². The zero-order valence-electron chi connectivity index (χ0n) is 16.4. The highest BCUT2D eigenvalue weighted by Gasteiger charge is 2.23. The summed E-state index contributed by atoms with van der Waals surface area (Å²) in [4.78, 5) is 14.4. The van der Waals surface area contributed by atoms with Crippen LogP contribution in [-0.2, 0) is 11.3 Å². The number of benzene rings is 2. The van der Waals surface area contributed by atoms with Crippen molar-refractivity contribution in [3.63, 3.8) is 0 Å². The van der Waals surface area contributed by atoms with Crippen LogP contribution in [0.1, 0.15) is 23.9 Å². The molecule has 0 saturated heterocycles. The summed E-state index contributed by atoms with van der Waals surface area (Å²) in [6.07, 6.45) is 0. The number of hydrogen-bond acceptors (Lipinski definition) is 4. The van der Waals surface area contributed by atoms with Crippen molar-refractivity contribution in [1.82, 2.24) is 19.7 Å². The van der Waals surface area contributed by atoms with Gasteiger partial charge in [0, 0.05) is 13.6 Å². The highest BCUT2D eigenvalue weighted by atomic mass is 32.2. The van der Waals surface area contributed by atoms with Crippen LogP contribution in [0.4, 0.5) is 4.39 Å². The molecule has 1 aromatic heterocycles. The number of thioether (sulfide) groups is 1. The second-order valence-electron chi connectivity index (χ2n) is 6.74. The molecule has 0 aliphatic rings. The van der Waals surface area contributed by atoms with Gasteiger partial charge in [0.2, 0.25) is 5.91 Å². The van der Waals surface area contributed by atoms with Crippen molar-refractivity contribution < 1.29 is 9.18 Å². The van der Waals surface area contributed by atoms with Crippen LogP contribution in [-0.4, -0.2) is 37.9 Å². The largest absolute Gasteiger partial charge is 0.340 e. The molecule has 1 heterocycles. The van der Waals surface area contributed by atoms with E-state index in [9.17, 15) is 9.18 Å². The molecule has 1 unspecified atom stereocenters. The Labute approximate surface area is 168 Å². The molecule has 1 atom stereocenters. The standard InChI is InChI=1S/C21H23FN4OS/c1-14-8-5-6-11-19(14)26-16(3)23-24-21(26)28-15(2)20(27)25(4)13-17-9-7-10-18(22)12-17/h5-12,15H,13H2,1-4H3. The van der Waals surface area contributed by atoms with Gasteiger partial charge in [0.05, 0.1) is 10.9 Å². The summed E-state index contributed by atoms with van der Waals surface area (Å²) in [5.41, 5.74) is 2.86. The molecule has 0 bridgehead atoms. The summed E-state index contributed by atoms with van der Waals surface area (Å²) < 4.78 is 15.3. The lowest BCUT2D eigenvalue weighted by Gasteiger charge is -2.21. The second kappa shape index (κ2) is 8.56. The van der Waals surface area contributed by atoms with E-state index >= 15 is 0 Å². The minimum Gasteiger partial charge on any atom is -0.340 e. The van der Waals surface area contributed by atoms with Crippen molar-refractivity contribution in [2.75, 3.05) is 7.05 Å². The first-order valence-electron chi connectivity index (χ1n) is 9.01. The Hall–Kier alpha value is -2.67. The molecule has 3 aromatic rings. The van der Waals surface area contributed by atoms with Crippen LogP contribution in [0.3, 0.4) is 0 Å². The maximum atomic E-state index is 13.4. The van der Waals surface area contributed by atoms with E-state index in [2.05, 4.69) is 10.2 Å². The summed E-state index contributed by atoms with van der Waals surface area (Å²) >= 11 is 1.37. The van der Waals surface area contributed by atoms with Gasteiger partial charge < -0.3 is 4.90 Å². The van der Waals surface area contributed by atoms with Crippen molar-refractivity contribution in [2.45, 2.75) is 37.7 Å². The quantitative estimate of drug-likeness (QED) is 0.585. The average molecular weight is 399 g/mol. The Bertz CT molecular complexity index is 988. The minimum atomic E-state index is -0.357. The van der Waals surface area contributed by atoms with Crippen LogP contribution in [0, 0.1) is 19.7 Å². The fourth-order valence-electron chi connectivity index (χ4n) is 3.02. The molecule has 0 radical (unpaired) electrons. The summed E-state index contributed by atoms with van der Waals surface area (Å²) in [6.45, 7) is 6.13. The van der Waals surface area contributed by atoms with Gasteiger partial charge in [-0.15, -0.1) is 10.2 Å². The second-order valence-corrected chi connectivity index (χ2v) is 8.04. The Kier molecular flexibility index (Phi) is 6.14. The molecule has 3 rings (SSSR count). The van der Waals surface area contributed by atoms with Gasteiger partial charge in [0.1, 0.15) is 11.6 Å². The van der Waals surface area contributed by atoms with Crippen LogP contribution in [0.2, 0.25) is 0 Å². The summed E-state index contributed by atoms with van der Waals surface area (Å²) in [6, 6.07) is 14.3. The SMILES string of the molecule is Cc1ccccc1-n1c(C)nnc1SC(C)C(=O)N(C)Cc1cccc(F)c1. The van der Waals surface area contributed by atoms with Gasteiger partial charge in [0.15, 0.2) is 5.16 Å². The lowest BCUT2D eigenvalue weighted by Crippen LogP contribution is -2.33. The number of nitrogens with zero attached hydrogens (tertiary/aromatic N) is 4. The van der Waals surface area contributed by atoms with Gasteiger partial charge in [-0.3, -0.25) is 9.36 Å². The fraction of sp³-hybridized carbons (Fsp3) is 0.286. The van der Waals surface area contributed by atoms with E-state index in [4.69, 9.17) is 0 Å².